The fraction of sp³-hybridized carbons (Fsp3) is 0.176. The van der Waals surface area contributed by atoms with Gasteiger partial charge in [-0.2, -0.15) is 13.5 Å². The van der Waals surface area contributed by atoms with Crippen LogP contribution in [0.15, 0.2) is 50.8 Å². The Morgan fingerprint density at radius 2 is 2.07 bits per heavy atom. The molecule has 0 atom stereocenters. The number of phenols is 1. The summed E-state index contributed by atoms with van der Waals surface area (Å²) in [6.45, 7) is -0.280. The van der Waals surface area contributed by atoms with E-state index in [9.17, 15) is 18.6 Å². The molecule has 0 amide bonds. The second-order valence-electron chi connectivity index (χ2n) is 5.52. The molecular formula is C17H16ClN3O5S. The predicted octanol–water partition coefficient (Wildman–Crippen LogP) is 1.83. The molecular weight excluding hydrogens is 394 g/mol. The van der Waals surface area contributed by atoms with Crippen molar-refractivity contribution in [1.29, 1.82) is 0 Å². The molecule has 0 saturated heterocycles. The van der Waals surface area contributed by atoms with Crippen LogP contribution in [0.1, 0.15) is 11.1 Å². The molecule has 27 heavy (non-hydrogen) atoms. The number of rotatable bonds is 5. The van der Waals surface area contributed by atoms with Gasteiger partial charge in [0.05, 0.1) is 31.5 Å². The molecule has 0 fully saturated rings. The first-order valence-corrected chi connectivity index (χ1v) is 9.62. The minimum absolute atomic E-state index is 0.00381. The maximum atomic E-state index is 12.2. The predicted molar refractivity (Wildman–Crippen MR) is 101 cm³/mol. The molecule has 1 aliphatic heterocycles. The average Bonchev–Trinajstić information content (AvgIpc) is 2.92. The van der Waals surface area contributed by atoms with Gasteiger partial charge < -0.3 is 14.9 Å². The average molecular weight is 410 g/mol. The number of halogens is 1. The second kappa shape index (κ2) is 7.55. The number of amidine groups is 1. The number of phenolic OH excluding ortho intramolecular Hbond substituents is 1. The first kappa shape index (κ1) is 19.2. The maximum Gasteiger partial charge on any atom is 0.285 e. The smallest absolute Gasteiger partial charge is 0.285 e. The van der Waals surface area contributed by atoms with Crippen LogP contribution >= 0.6 is 11.6 Å². The number of hydrogen-bond donors (Lipinski definition) is 2. The van der Waals surface area contributed by atoms with Gasteiger partial charge in [0.1, 0.15) is 16.4 Å². The van der Waals surface area contributed by atoms with Crippen LogP contribution in [-0.4, -0.2) is 56.0 Å². The standard InChI is InChI=1S/C17H16ClN3O5S/c1-26-15-9-14(23)11(8-13(15)18)10-19-21(6-7-22)17-12-4-2-3-5-16(12)27(24,25)20-17/h2-5,8-10,22-23H,6-7H2,1H3. The van der Waals surface area contributed by atoms with Crippen molar-refractivity contribution in [2.75, 3.05) is 20.3 Å². The molecule has 8 nitrogen and oxygen atoms in total. The molecule has 2 aromatic carbocycles. The number of fused-ring (bicyclic) bond motifs is 1. The zero-order valence-electron chi connectivity index (χ0n) is 14.2. The van der Waals surface area contributed by atoms with E-state index in [1.807, 2.05) is 0 Å². The molecule has 142 valence electrons. The van der Waals surface area contributed by atoms with Crippen molar-refractivity contribution in [2.24, 2.45) is 9.50 Å². The summed E-state index contributed by atoms with van der Waals surface area (Å²) in [5.74, 6) is 0.277. The van der Waals surface area contributed by atoms with E-state index >= 15 is 0 Å². The molecule has 2 aromatic rings. The summed E-state index contributed by atoms with van der Waals surface area (Å²) in [6, 6.07) is 9.15. The van der Waals surface area contributed by atoms with Gasteiger partial charge in [-0.05, 0) is 18.2 Å². The second-order valence-corrected chi connectivity index (χ2v) is 7.50. The van der Waals surface area contributed by atoms with Gasteiger partial charge in [0, 0.05) is 17.2 Å². The van der Waals surface area contributed by atoms with Crippen LogP contribution in [0.3, 0.4) is 0 Å². The maximum absolute atomic E-state index is 12.2. The lowest BCUT2D eigenvalue weighted by atomic mass is 10.2. The summed E-state index contributed by atoms with van der Waals surface area (Å²) >= 11 is 6.05. The first-order chi connectivity index (χ1) is 12.9. The van der Waals surface area contributed by atoms with E-state index in [1.54, 1.807) is 18.2 Å². The quantitative estimate of drug-likeness (QED) is 0.575. The van der Waals surface area contributed by atoms with Crippen molar-refractivity contribution < 1.29 is 23.4 Å². The minimum Gasteiger partial charge on any atom is -0.507 e. The number of aliphatic hydroxyl groups excluding tert-OH is 1. The highest BCUT2D eigenvalue weighted by molar-refractivity contribution is 7.90. The van der Waals surface area contributed by atoms with Gasteiger partial charge in [0.25, 0.3) is 10.0 Å². The van der Waals surface area contributed by atoms with Crippen LogP contribution in [0, 0.1) is 0 Å². The lowest BCUT2D eigenvalue weighted by Gasteiger charge is -2.17. The third kappa shape index (κ3) is 3.75. The van der Waals surface area contributed by atoms with Crippen molar-refractivity contribution in [3.8, 4) is 11.5 Å². The molecule has 1 aliphatic rings. The number of sulfonamides is 1. The minimum atomic E-state index is -3.82. The van der Waals surface area contributed by atoms with E-state index in [2.05, 4.69) is 9.50 Å². The van der Waals surface area contributed by atoms with Gasteiger partial charge in [-0.3, -0.25) is 0 Å². The van der Waals surface area contributed by atoms with Gasteiger partial charge in [0.15, 0.2) is 5.84 Å². The molecule has 3 rings (SSSR count). The number of hydrogen-bond acceptors (Lipinski definition) is 7. The van der Waals surface area contributed by atoms with Crippen molar-refractivity contribution in [2.45, 2.75) is 4.90 Å². The van der Waals surface area contributed by atoms with Crippen LogP contribution in [0.2, 0.25) is 5.02 Å². The largest absolute Gasteiger partial charge is 0.507 e. The first-order valence-electron chi connectivity index (χ1n) is 7.80. The number of nitrogens with zero attached hydrogens (tertiary/aromatic N) is 3. The summed E-state index contributed by atoms with van der Waals surface area (Å²) in [6.07, 6.45) is 1.30. The summed E-state index contributed by atoms with van der Waals surface area (Å²) in [7, 11) is -2.40. The summed E-state index contributed by atoms with van der Waals surface area (Å²) in [5, 5.41) is 25.1. The van der Waals surface area contributed by atoms with Gasteiger partial charge in [0.2, 0.25) is 0 Å². The fourth-order valence-corrected chi connectivity index (χ4v) is 3.99. The molecule has 0 unspecified atom stereocenters. The highest BCUT2D eigenvalue weighted by Crippen LogP contribution is 2.31. The summed E-state index contributed by atoms with van der Waals surface area (Å²) in [5.41, 5.74) is 0.679. The highest BCUT2D eigenvalue weighted by Gasteiger charge is 2.31. The molecule has 1 heterocycles. The Bertz CT molecular complexity index is 1040. The lowest BCUT2D eigenvalue weighted by Crippen LogP contribution is -2.28. The monoisotopic (exact) mass is 409 g/mol. The van der Waals surface area contributed by atoms with Crippen molar-refractivity contribution in [1.82, 2.24) is 5.01 Å². The zero-order chi connectivity index (χ0) is 19.6. The summed E-state index contributed by atoms with van der Waals surface area (Å²) < 4.78 is 33.2. The van der Waals surface area contributed by atoms with Crippen LogP contribution in [-0.2, 0) is 10.0 Å². The lowest BCUT2D eigenvalue weighted by molar-refractivity contribution is 0.254. The SMILES string of the molecule is COc1cc(O)c(C=NN(CCO)C2=NS(=O)(=O)c3ccccc32)cc1Cl. The van der Waals surface area contributed by atoms with Crippen LogP contribution in [0.4, 0.5) is 0 Å². The molecule has 0 aromatic heterocycles. The third-order valence-corrected chi connectivity index (χ3v) is 5.43. The molecule has 0 spiro atoms. The summed E-state index contributed by atoms with van der Waals surface area (Å²) in [4.78, 5) is 0.0773. The Labute approximate surface area is 161 Å². The fourth-order valence-electron chi connectivity index (χ4n) is 2.54. The number of aliphatic hydroxyl groups is 1. The Morgan fingerprint density at radius 3 is 2.78 bits per heavy atom. The highest BCUT2D eigenvalue weighted by atomic mass is 35.5. The van der Waals surface area contributed by atoms with Crippen molar-refractivity contribution in [3.63, 3.8) is 0 Å². The normalized spacial score (nSPS) is 14.9. The topological polar surface area (TPSA) is 112 Å². The number of ether oxygens (including phenoxy) is 1. The van der Waals surface area contributed by atoms with E-state index in [4.69, 9.17) is 16.3 Å². The van der Waals surface area contributed by atoms with Gasteiger partial charge in [-0.15, -0.1) is 4.40 Å². The van der Waals surface area contributed by atoms with Crippen LogP contribution < -0.4 is 4.74 Å². The van der Waals surface area contributed by atoms with Crippen molar-refractivity contribution >= 4 is 33.7 Å². The van der Waals surface area contributed by atoms with Crippen molar-refractivity contribution in [3.05, 3.63) is 52.5 Å². The molecule has 0 saturated carbocycles. The van der Waals surface area contributed by atoms with E-state index in [-0.39, 0.29) is 34.7 Å². The van der Waals surface area contributed by atoms with Gasteiger partial charge >= 0.3 is 0 Å². The molecule has 0 aliphatic carbocycles. The number of benzene rings is 2. The van der Waals surface area contributed by atoms with Gasteiger partial charge in [-0.25, -0.2) is 5.01 Å². The molecule has 0 radical (unpaired) electrons. The molecule has 2 N–H and O–H groups in total. The third-order valence-electron chi connectivity index (χ3n) is 3.81. The van der Waals surface area contributed by atoms with Crippen LogP contribution in [0.25, 0.3) is 0 Å². The molecule has 0 bridgehead atoms. The number of methoxy groups -OCH3 is 1. The van der Waals surface area contributed by atoms with E-state index in [0.29, 0.717) is 16.9 Å². The van der Waals surface area contributed by atoms with Crippen LogP contribution in [0.5, 0.6) is 11.5 Å². The Hall–Kier alpha value is -2.62. The molecule has 10 heteroatoms. The Morgan fingerprint density at radius 1 is 1.33 bits per heavy atom. The van der Waals surface area contributed by atoms with E-state index < -0.39 is 10.0 Å². The van der Waals surface area contributed by atoms with E-state index in [0.717, 1.165) is 0 Å². The van der Waals surface area contributed by atoms with E-state index in [1.165, 1.54) is 36.5 Å². The zero-order valence-corrected chi connectivity index (χ0v) is 15.8. The van der Waals surface area contributed by atoms with Gasteiger partial charge in [-0.1, -0.05) is 23.7 Å². The Balaban J connectivity index is 1.99. The number of hydrazone groups is 1. The number of aromatic hydroxyl groups is 1. The Kier molecular flexibility index (Phi) is 5.36.